The van der Waals surface area contributed by atoms with Crippen LogP contribution in [0.4, 0.5) is 24.7 Å². The smallest absolute Gasteiger partial charge is 0.366 e. The number of amides is 1. The fourth-order valence-corrected chi connectivity index (χ4v) is 3.65. The molecule has 5 rings (SSSR count). The first-order chi connectivity index (χ1) is 15.8. The number of anilines is 2. The van der Waals surface area contributed by atoms with E-state index in [9.17, 15) is 18.0 Å². The molecule has 0 aliphatic rings. The van der Waals surface area contributed by atoms with Crippen molar-refractivity contribution in [2.45, 2.75) is 6.18 Å². The molecule has 7 nitrogen and oxygen atoms in total. The number of carbonyl (C=O) groups excluding carboxylic acids is 1. The predicted molar refractivity (Wildman–Crippen MR) is 117 cm³/mol. The van der Waals surface area contributed by atoms with Crippen LogP contribution in [0.25, 0.3) is 27.8 Å². The van der Waals surface area contributed by atoms with Crippen LogP contribution in [-0.4, -0.2) is 25.7 Å². The van der Waals surface area contributed by atoms with E-state index in [1.807, 2.05) is 6.07 Å². The third-order valence-electron chi connectivity index (χ3n) is 5.15. The van der Waals surface area contributed by atoms with Crippen molar-refractivity contribution in [2.24, 2.45) is 5.73 Å². The second-order valence-electron chi connectivity index (χ2n) is 7.27. The summed E-state index contributed by atoms with van der Waals surface area (Å²) in [6, 6.07) is 18.9. The minimum absolute atomic E-state index is 0.0439. The fourth-order valence-electron chi connectivity index (χ4n) is 3.65. The van der Waals surface area contributed by atoms with Crippen LogP contribution in [0, 0.1) is 0 Å². The van der Waals surface area contributed by atoms with Crippen LogP contribution in [0.2, 0.25) is 0 Å². The van der Waals surface area contributed by atoms with Crippen LogP contribution in [-0.2, 0) is 6.18 Å². The lowest BCUT2D eigenvalue weighted by atomic mass is 10.1. The van der Waals surface area contributed by atoms with Crippen molar-refractivity contribution in [3.8, 4) is 11.4 Å². The number of hydrogen-bond donors (Lipinski definition) is 2. The Labute approximate surface area is 184 Å². The SMILES string of the molecule is NC(=O)c1cccc(Nc2nn3c(-c4ccccc4C(F)(F)F)nnc3c3ccccc23)c1. The molecule has 0 unspecified atom stereocenters. The molecule has 2 aromatic heterocycles. The number of alkyl halides is 3. The maximum Gasteiger partial charge on any atom is 0.417 e. The van der Waals surface area contributed by atoms with Gasteiger partial charge in [0.1, 0.15) is 0 Å². The first-order valence-electron chi connectivity index (χ1n) is 9.80. The quantitative estimate of drug-likeness (QED) is 0.411. The van der Waals surface area contributed by atoms with E-state index in [4.69, 9.17) is 5.73 Å². The molecule has 0 aliphatic heterocycles. The molecule has 33 heavy (non-hydrogen) atoms. The molecule has 3 aromatic carbocycles. The van der Waals surface area contributed by atoms with Crippen molar-refractivity contribution in [2.75, 3.05) is 5.32 Å². The van der Waals surface area contributed by atoms with Gasteiger partial charge in [-0.3, -0.25) is 4.79 Å². The van der Waals surface area contributed by atoms with Gasteiger partial charge in [-0.1, -0.05) is 48.5 Å². The fraction of sp³-hybridized carbons (Fsp3) is 0.0435. The van der Waals surface area contributed by atoms with Gasteiger partial charge in [0.15, 0.2) is 17.3 Å². The molecular formula is C23H15F3N6O. The summed E-state index contributed by atoms with van der Waals surface area (Å²) in [5.74, 6) is -0.278. The average Bonchev–Trinajstić information content (AvgIpc) is 3.23. The molecule has 0 saturated carbocycles. The van der Waals surface area contributed by atoms with Gasteiger partial charge >= 0.3 is 6.18 Å². The van der Waals surface area contributed by atoms with Gasteiger partial charge in [-0.2, -0.15) is 17.7 Å². The van der Waals surface area contributed by atoms with Crippen LogP contribution >= 0.6 is 0 Å². The molecule has 0 fully saturated rings. The number of carbonyl (C=O) groups is 1. The van der Waals surface area contributed by atoms with Crippen molar-refractivity contribution in [1.29, 1.82) is 0 Å². The van der Waals surface area contributed by atoms with Gasteiger partial charge in [-0.05, 0) is 24.3 Å². The van der Waals surface area contributed by atoms with Crippen LogP contribution < -0.4 is 11.1 Å². The van der Waals surface area contributed by atoms with Gasteiger partial charge in [0.2, 0.25) is 5.91 Å². The lowest BCUT2D eigenvalue weighted by Gasteiger charge is -2.13. The van der Waals surface area contributed by atoms with E-state index < -0.39 is 17.6 Å². The normalized spacial score (nSPS) is 11.7. The zero-order chi connectivity index (χ0) is 23.2. The number of aromatic nitrogens is 4. The van der Waals surface area contributed by atoms with Gasteiger partial charge in [0, 0.05) is 27.6 Å². The molecule has 5 aromatic rings. The van der Waals surface area contributed by atoms with Gasteiger partial charge in [-0.15, -0.1) is 15.3 Å². The third kappa shape index (κ3) is 3.61. The Hall–Kier alpha value is -4.47. The van der Waals surface area contributed by atoms with Crippen molar-refractivity contribution in [3.63, 3.8) is 0 Å². The Kier molecular flexibility index (Phi) is 4.70. The molecule has 2 heterocycles. The van der Waals surface area contributed by atoms with E-state index in [2.05, 4.69) is 20.6 Å². The zero-order valence-corrected chi connectivity index (χ0v) is 16.8. The van der Waals surface area contributed by atoms with Crippen molar-refractivity contribution < 1.29 is 18.0 Å². The van der Waals surface area contributed by atoms with E-state index in [-0.39, 0.29) is 11.4 Å². The number of primary amides is 1. The van der Waals surface area contributed by atoms with Crippen LogP contribution in [0.5, 0.6) is 0 Å². The lowest BCUT2D eigenvalue weighted by molar-refractivity contribution is -0.137. The largest absolute Gasteiger partial charge is 0.417 e. The van der Waals surface area contributed by atoms with E-state index in [0.29, 0.717) is 33.5 Å². The summed E-state index contributed by atoms with van der Waals surface area (Å²) in [6.45, 7) is 0. The molecular weight excluding hydrogens is 433 g/mol. The summed E-state index contributed by atoms with van der Waals surface area (Å²) in [4.78, 5) is 11.5. The highest BCUT2D eigenvalue weighted by atomic mass is 19.4. The van der Waals surface area contributed by atoms with Gasteiger partial charge in [0.25, 0.3) is 0 Å². The highest BCUT2D eigenvalue weighted by Crippen LogP contribution is 2.37. The monoisotopic (exact) mass is 448 g/mol. The molecule has 3 N–H and O–H groups in total. The van der Waals surface area contributed by atoms with Crippen molar-refractivity contribution in [1.82, 2.24) is 19.8 Å². The molecule has 0 atom stereocenters. The number of fused-ring (bicyclic) bond motifs is 3. The van der Waals surface area contributed by atoms with Crippen LogP contribution in [0.1, 0.15) is 15.9 Å². The summed E-state index contributed by atoms with van der Waals surface area (Å²) in [7, 11) is 0. The van der Waals surface area contributed by atoms with Gasteiger partial charge in [0.05, 0.1) is 5.56 Å². The minimum Gasteiger partial charge on any atom is -0.366 e. The first-order valence-corrected chi connectivity index (χ1v) is 9.80. The third-order valence-corrected chi connectivity index (χ3v) is 5.15. The Balaban J connectivity index is 1.74. The van der Waals surface area contributed by atoms with E-state index >= 15 is 0 Å². The summed E-state index contributed by atoms with van der Waals surface area (Å²) >= 11 is 0. The van der Waals surface area contributed by atoms with E-state index in [1.54, 1.807) is 42.5 Å². The molecule has 0 saturated heterocycles. The topological polar surface area (TPSA) is 98.2 Å². The van der Waals surface area contributed by atoms with Gasteiger partial charge < -0.3 is 11.1 Å². The van der Waals surface area contributed by atoms with Crippen LogP contribution in [0.3, 0.4) is 0 Å². The minimum atomic E-state index is -4.57. The summed E-state index contributed by atoms with van der Waals surface area (Å²) in [5.41, 5.74) is 5.54. The molecule has 0 bridgehead atoms. The average molecular weight is 448 g/mol. The number of halogens is 3. The second kappa shape index (κ2) is 7.59. The molecule has 164 valence electrons. The van der Waals surface area contributed by atoms with E-state index in [1.165, 1.54) is 22.7 Å². The summed E-state index contributed by atoms with van der Waals surface area (Å²) in [5, 5.41) is 17.1. The number of nitrogens with one attached hydrogen (secondary N) is 1. The molecule has 0 spiro atoms. The Morgan fingerprint density at radius 3 is 2.39 bits per heavy atom. The van der Waals surface area contributed by atoms with Crippen LogP contribution in [0.15, 0.2) is 72.8 Å². The number of hydrogen-bond acceptors (Lipinski definition) is 5. The first kappa shape index (κ1) is 20.4. The Morgan fingerprint density at radius 2 is 1.64 bits per heavy atom. The molecule has 10 heteroatoms. The van der Waals surface area contributed by atoms with Crippen molar-refractivity contribution >= 4 is 33.8 Å². The maximum absolute atomic E-state index is 13.6. The standard InChI is InChI=1S/C23H15F3N6O/c24-23(25,26)18-11-4-3-10-17(18)22-30-29-21-16-9-2-1-8-15(16)20(31-32(21)22)28-14-7-5-6-13(12-14)19(27)33/h1-12H,(H2,27,33)(H,28,31). The highest BCUT2D eigenvalue weighted by molar-refractivity contribution is 6.01. The number of rotatable bonds is 4. The number of nitrogens with two attached hydrogens (primary N) is 1. The lowest BCUT2D eigenvalue weighted by Crippen LogP contribution is -2.11. The highest BCUT2D eigenvalue weighted by Gasteiger charge is 2.34. The predicted octanol–water partition coefficient (Wildman–Crippen LogP) is 4.81. The molecule has 0 radical (unpaired) electrons. The maximum atomic E-state index is 13.6. The zero-order valence-electron chi connectivity index (χ0n) is 16.8. The Morgan fingerprint density at radius 1 is 0.909 bits per heavy atom. The molecule has 0 aliphatic carbocycles. The second-order valence-corrected chi connectivity index (χ2v) is 7.27. The van der Waals surface area contributed by atoms with Gasteiger partial charge in [-0.25, -0.2) is 0 Å². The van der Waals surface area contributed by atoms with Crippen molar-refractivity contribution in [3.05, 3.63) is 83.9 Å². The Bertz CT molecular complexity index is 1530. The number of benzene rings is 3. The van der Waals surface area contributed by atoms with E-state index in [0.717, 1.165) is 6.07 Å². The summed E-state index contributed by atoms with van der Waals surface area (Å²) in [6.07, 6.45) is -4.57. The molecule has 1 amide bonds. The summed E-state index contributed by atoms with van der Waals surface area (Å²) < 4.78 is 42.2. The number of nitrogens with zero attached hydrogens (tertiary/aromatic N) is 4.